The number of hydrogen-bond donors (Lipinski definition) is 0. The van der Waals surface area contributed by atoms with Crippen LogP contribution in [0.4, 0.5) is 5.69 Å². The Hall–Kier alpha value is -3.56. The van der Waals surface area contributed by atoms with E-state index in [4.69, 9.17) is 23.2 Å². The lowest BCUT2D eigenvalue weighted by Crippen LogP contribution is -2.52. The van der Waals surface area contributed by atoms with Gasteiger partial charge in [-0.3, -0.25) is 29.3 Å². The van der Waals surface area contributed by atoms with Crippen molar-refractivity contribution in [3.63, 3.8) is 0 Å². The third-order valence-electron chi connectivity index (χ3n) is 6.13. The van der Waals surface area contributed by atoms with Crippen LogP contribution in [0.25, 0.3) is 0 Å². The lowest BCUT2D eigenvalue weighted by Gasteiger charge is -2.30. The normalized spacial score (nSPS) is 19.3. The number of rotatable bonds is 6. The lowest BCUT2D eigenvalue weighted by molar-refractivity contribution is -0.384. The minimum atomic E-state index is -0.827. The molecule has 180 valence electrons. The minimum absolute atomic E-state index is 0.00990. The van der Waals surface area contributed by atoms with E-state index in [2.05, 4.69) is 0 Å². The molecule has 1 saturated heterocycles. The zero-order chi connectivity index (χ0) is 25.4. The molecule has 0 unspecified atom stereocenters. The fourth-order valence-corrected chi connectivity index (χ4v) is 4.78. The molecule has 0 spiro atoms. The molecule has 4 rings (SSSR count). The van der Waals surface area contributed by atoms with Gasteiger partial charge in [0.25, 0.3) is 23.4 Å². The van der Waals surface area contributed by atoms with Gasteiger partial charge in [-0.1, -0.05) is 34.9 Å². The number of ketones is 1. The third-order valence-corrected chi connectivity index (χ3v) is 6.68. The van der Waals surface area contributed by atoms with Crippen LogP contribution in [0.15, 0.2) is 54.1 Å². The van der Waals surface area contributed by atoms with Gasteiger partial charge in [-0.05, 0) is 50.1 Å². The summed E-state index contributed by atoms with van der Waals surface area (Å²) >= 11 is 12.1. The first-order chi connectivity index (χ1) is 16.6. The second-order valence-corrected chi connectivity index (χ2v) is 9.25. The summed E-state index contributed by atoms with van der Waals surface area (Å²) < 4.78 is 0. The SMILES string of the molecule is CC1=CC[C@H]2C(=O)N(N(CC(=O)c3ccc([N+](=O)[O-])cc3)C(=O)c3ccc(Cl)cc3Cl)C(=O)[C@H]2C1. The Kier molecular flexibility index (Phi) is 6.73. The first-order valence-corrected chi connectivity index (χ1v) is 11.4. The van der Waals surface area contributed by atoms with Crippen molar-refractivity contribution in [2.45, 2.75) is 19.8 Å². The van der Waals surface area contributed by atoms with E-state index in [1.807, 2.05) is 13.0 Å². The molecule has 0 aromatic heterocycles. The molecule has 35 heavy (non-hydrogen) atoms. The smallest absolute Gasteiger partial charge is 0.274 e. The number of carbonyl (C=O) groups excluding carboxylic acids is 4. The number of Topliss-reactive ketones (excluding diaryl/α,β-unsaturated/α-hetero) is 1. The molecule has 2 aromatic rings. The third kappa shape index (κ3) is 4.69. The summed E-state index contributed by atoms with van der Waals surface area (Å²) in [5.74, 6) is -3.84. The number of imide groups is 1. The molecule has 2 aromatic carbocycles. The summed E-state index contributed by atoms with van der Waals surface area (Å²) in [7, 11) is 0. The maximum absolute atomic E-state index is 13.5. The van der Waals surface area contributed by atoms with Crippen LogP contribution in [0.3, 0.4) is 0 Å². The van der Waals surface area contributed by atoms with Gasteiger partial charge < -0.3 is 0 Å². The molecule has 2 aliphatic rings. The van der Waals surface area contributed by atoms with E-state index in [1.165, 1.54) is 30.3 Å². The van der Waals surface area contributed by atoms with Crippen LogP contribution < -0.4 is 0 Å². The summed E-state index contributed by atoms with van der Waals surface area (Å²) in [6, 6.07) is 8.93. The van der Waals surface area contributed by atoms with Crippen molar-refractivity contribution in [3.05, 3.63) is 85.4 Å². The van der Waals surface area contributed by atoms with Crippen molar-refractivity contribution in [2.75, 3.05) is 6.54 Å². The van der Waals surface area contributed by atoms with Crippen molar-refractivity contribution in [1.29, 1.82) is 0 Å². The number of hydrogen-bond acceptors (Lipinski definition) is 6. The highest BCUT2D eigenvalue weighted by molar-refractivity contribution is 6.36. The molecular weight excluding hydrogens is 497 g/mol. The van der Waals surface area contributed by atoms with Crippen molar-refractivity contribution in [1.82, 2.24) is 10.0 Å². The molecule has 0 N–H and O–H groups in total. The van der Waals surface area contributed by atoms with Gasteiger partial charge in [-0.2, -0.15) is 5.01 Å². The molecule has 1 aliphatic carbocycles. The molecule has 3 amide bonds. The Morgan fingerprint density at radius 1 is 1.09 bits per heavy atom. The first kappa shape index (κ1) is 24.6. The maximum Gasteiger partial charge on any atom is 0.274 e. The summed E-state index contributed by atoms with van der Waals surface area (Å²) in [5, 5.41) is 12.7. The molecule has 11 heteroatoms. The van der Waals surface area contributed by atoms with E-state index in [0.717, 1.165) is 27.7 Å². The molecule has 0 bridgehead atoms. The molecule has 9 nitrogen and oxygen atoms in total. The predicted octanol–water partition coefficient (Wildman–Crippen LogP) is 4.48. The number of nitro groups is 1. The Morgan fingerprint density at radius 3 is 2.37 bits per heavy atom. The van der Waals surface area contributed by atoms with Crippen molar-refractivity contribution in [3.8, 4) is 0 Å². The second-order valence-electron chi connectivity index (χ2n) is 8.41. The fraction of sp³-hybridized carbons (Fsp3) is 0.250. The number of amides is 3. The monoisotopic (exact) mass is 515 g/mol. The number of nitrogens with zero attached hydrogens (tertiary/aromatic N) is 3. The number of benzene rings is 2. The second kappa shape index (κ2) is 9.59. The van der Waals surface area contributed by atoms with Gasteiger partial charge in [0.1, 0.15) is 6.54 Å². The number of hydrazine groups is 1. The Morgan fingerprint density at radius 2 is 1.74 bits per heavy atom. The zero-order valence-corrected chi connectivity index (χ0v) is 20.0. The molecular formula is C24H19Cl2N3O6. The topological polar surface area (TPSA) is 118 Å². The number of allylic oxidation sites excluding steroid dienone is 2. The Balaban J connectivity index is 1.70. The van der Waals surface area contributed by atoms with Crippen LogP contribution >= 0.6 is 23.2 Å². The quantitative estimate of drug-likeness (QED) is 0.184. The highest BCUT2D eigenvalue weighted by Gasteiger charge is 2.51. The van der Waals surface area contributed by atoms with E-state index in [0.29, 0.717) is 12.8 Å². The molecule has 1 aliphatic heterocycles. The largest absolute Gasteiger partial charge is 0.292 e. The van der Waals surface area contributed by atoms with Gasteiger partial charge in [0.2, 0.25) is 0 Å². The fourth-order valence-electron chi connectivity index (χ4n) is 4.29. The number of non-ortho nitro benzene ring substituents is 1. The zero-order valence-electron chi connectivity index (χ0n) is 18.4. The van der Waals surface area contributed by atoms with E-state index >= 15 is 0 Å². The highest BCUT2D eigenvalue weighted by Crippen LogP contribution is 2.39. The van der Waals surface area contributed by atoms with Gasteiger partial charge in [0.05, 0.1) is 27.3 Å². The van der Waals surface area contributed by atoms with Crippen molar-refractivity contribution < 1.29 is 24.1 Å². The van der Waals surface area contributed by atoms with Gasteiger partial charge >= 0.3 is 0 Å². The van der Waals surface area contributed by atoms with Crippen LogP contribution in [0.1, 0.15) is 40.5 Å². The maximum atomic E-state index is 13.5. The number of carbonyl (C=O) groups is 4. The highest BCUT2D eigenvalue weighted by atomic mass is 35.5. The number of nitro benzene ring substituents is 1. The predicted molar refractivity (Wildman–Crippen MR) is 127 cm³/mol. The lowest BCUT2D eigenvalue weighted by atomic mass is 9.82. The van der Waals surface area contributed by atoms with Gasteiger partial charge in [0.15, 0.2) is 5.78 Å². The molecule has 0 saturated carbocycles. The summed E-state index contributed by atoms with van der Waals surface area (Å²) in [6.07, 6.45) is 2.63. The van der Waals surface area contributed by atoms with E-state index in [1.54, 1.807) is 0 Å². The summed E-state index contributed by atoms with van der Waals surface area (Å²) in [4.78, 5) is 63.5. The van der Waals surface area contributed by atoms with Crippen LogP contribution in [-0.4, -0.2) is 45.0 Å². The first-order valence-electron chi connectivity index (χ1n) is 10.7. The summed E-state index contributed by atoms with van der Waals surface area (Å²) in [5.41, 5.74) is 0.788. The minimum Gasteiger partial charge on any atom is -0.292 e. The van der Waals surface area contributed by atoms with Crippen LogP contribution in [0.5, 0.6) is 0 Å². The van der Waals surface area contributed by atoms with Crippen molar-refractivity contribution >= 4 is 52.4 Å². The molecule has 2 atom stereocenters. The van der Waals surface area contributed by atoms with Crippen LogP contribution in [-0.2, 0) is 9.59 Å². The molecule has 0 radical (unpaired) electrons. The van der Waals surface area contributed by atoms with Gasteiger partial charge in [-0.25, -0.2) is 5.01 Å². The van der Waals surface area contributed by atoms with E-state index in [-0.39, 0.29) is 26.9 Å². The van der Waals surface area contributed by atoms with Crippen LogP contribution in [0.2, 0.25) is 10.0 Å². The van der Waals surface area contributed by atoms with E-state index < -0.39 is 46.8 Å². The van der Waals surface area contributed by atoms with E-state index in [9.17, 15) is 29.3 Å². The van der Waals surface area contributed by atoms with Gasteiger partial charge in [-0.15, -0.1) is 0 Å². The standard InChI is InChI=1S/C24H19Cl2N3O6/c1-13-2-8-17-19(10-13)24(33)28(23(17)32)27(22(31)18-9-5-15(25)11-20(18)26)12-21(30)14-3-6-16(7-4-14)29(34)35/h2-7,9,11,17,19H,8,10,12H2,1H3/t17-,19+/m1/s1. The van der Waals surface area contributed by atoms with Gasteiger partial charge in [0, 0.05) is 22.7 Å². The Labute approximate surface area is 210 Å². The van der Waals surface area contributed by atoms with Crippen molar-refractivity contribution in [2.24, 2.45) is 11.8 Å². The molecule has 1 fully saturated rings. The average molecular weight is 516 g/mol. The number of fused-ring (bicyclic) bond motifs is 1. The average Bonchev–Trinajstić information content (AvgIpc) is 3.06. The summed E-state index contributed by atoms with van der Waals surface area (Å²) in [6.45, 7) is 1.21. The Bertz CT molecular complexity index is 1290. The number of halogens is 2. The van der Waals surface area contributed by atoms with Crippen LogP contribution in [0, 0.1) is 22.0 Å². The molecule has 1 heterocycles.